The summed E-state index contributed by atoms with van der Waals surface area (Å²) < 4.78 is 11.8. The van der Waals surface area contributed by atoms with Gasteiger partial charge in [0.05, 0.1) is 13.2 Å². The van der Waals surface area contributed by atoms with Gasteiger partial charge in [-0.1, -0.05) is 86.6 Å². The summed E-state index contributed by atoms with van der Waals surface area (Å²) >= 11 is 0. The van der Waals surface area contributed by atoms with Gasteiger partial charge in [-0.15, -0.1) is 0 Å². The number of ketones is 2. The van der Waals surface area contributed by atoms with Crippen molar-refractivity contribution in [2.75, 3.05) is 13.2 Å². The summed E-state index contributed by atoms with van der Waals surface area (Å²) in [5.41, 5.74) is 5.95. The lowest BCUT2D eigenvalue weighted by molar-refractivity contribution is 0.0973. The molecule has 0 fully saturated rings. The normalized spacial score (nSPS) is 10.8. The van der Waals surface area contributed by atoms with Gasteiger partial charge in [0.15, 0.2) is 11.6 Å². The van der Waals surface area contributed by atoms with E-state index in [1.165, 1.54) is 0 Å². The van der Waals surface area contributed by atoms with E-state index in [-0.39, 0.29) is 11.6 Å². The second-order valence-corrected chi connectivity index (χ2v) is 10.3. The number of ether oxygens (including phenoxy) is 2. The summed E-state index contributed by atoms with van der Waals surface area (Å²) in [6.45, 7) is 5.39. The first-order chi connectivity index (χ1) is 20.1. The summed E-state index contributed by atoms with van der Waals surface area (Å²) in [4.78, 5) is 24.1. The molecule has 4 heteroatoms. The topological polar surface area (TPSA) is 52.6 Å². The van der Waals surface area contributed by atoms with Crippen LogP contribution < -0.4 is 9.47 Å². The first-order valence-corrected chi connectivity index (χ1v) is 14.8. The lowest BCUT2D eigenvalue weighted by atomic mass is 10.0. The fourth-order valence-corrected chi connectivity index (χ4v) is 4.69. The lowest BCUT2D eigenvalue weighted by Crippen LogP contribution is -2.01. The molecule has 212 valence electrons. The van der Waals surface area contributed by atoms with Crippen molar-refractivity contribution in [1.29, 1.82) is 0 Å². The van der Waals surface area contributed by atoms with Crippen molar-refractivity contribution < 1.29 is 19.1 Å². The van der Waals surface area contributed by atoms with Crippen LogP contribution in [0.2, 0.25) is 0 Å². The summed E-state index contributed by atoms with van der Waals surface area (Å²) in [7, 11) is 0. The van der Waals surface area contributed by atoms with Crippen LogP contribution in [0.4, 0.5) is 0 Å². The van der Waals surface area contributed by atoms with Crippen molar-refractivity contribution >= 4 is 11.6 Å². The summed E-state index contributed by atoms with van der Waals surface area (Å²) in [6.07, 6.45) is 5.88. The second kappa shape index (κ2) is 15.6. The Morgan fingerprint density at radius 2 is 0.780 bits per heavy atom. The van der Waals surface area contributed by atoms with E-state index in [2.05, 4.69) is 24.3 Å². The third-order valence-electron chi connectivity index (χ3n) is 7.07. The highest BCUT2D eigenvalue weighted by atomic mass is 16.5. The van der Waals surface area contributed by atoms with Crippen molar-refractivity contribution in [2.45, 2.75) is 58.8 Å². The lowest BCUT2D eigenvalue weighted by Gasteiger charge is -2.09. The van der Waals surface area contributed by atoms with Gasteiger partial charge >= 0.3 is 0 Å². The van der Waals surface area contributed by atoms with Gasteiger partial charge in [0.1, 0.15) is 11.5 Å². The van der Waals surface area contributed by atoms with E-state index in [1.807, 2.05) is 86.6 Å². The van der Waals surface area contributed by atoms with Gasteiger partial charge in [-0.05, 0) is 78.6 Å². The number of rotatable bonds is 16. The SMILES string of the molecule is CCCC(=O)c1ccc(-c2ccc(OCCCCCOc3ccc(-c4ccc(C(=O)CCC)cc4)cc3)cc2)cc1. The molecule has 0 unspecified atom stereocenters. The van der Waals surface area contributed by atoms with Crippen LogP contribution in [0, 0.1) is 0 Å². The minimum Gasteiger partial charge on any atom is -0.494 e. The molecule has 0 saturated heterocycles. The number of unbranched alkanes of at least 4 members (excludes halogenated alkanes) is 2. The first kappa shape index (κ1) is 29.8. The quantitative estimate of drug-likeness (QED) is 0.103. The second-order valence-electron chi connectivity index (χ2n) is 10.3. The fourth-order valence-electron chi connectivity index (χ4n) is 4.69. The van der Waals surface area contributed by atoms with Crippen molar-refractivity contribution in [3.05, 3.63) is 108 Å². The van der Waals surface area contributed by atoms with Crippen molar-refractivity contribution in [2.24, 2.45) is 0 Å². The molecule has 4 nitrogen and oxygen atoms in total. The van der Waals surface area contributed by atoms with Gasteiger partial charge in [0.25, 0.3) is 0 Å². The molecule has 0 heterocycles. The number of carbonyl (C=O) groups is 2. The molecule has 0 amide bonds. The Bertz CT molecular complexity index is 1260. The standard InChI is InChI=1S/C37H40O4/c1-3-8-36(38)32-14-10-28(11-15-32)30-18-22-34(23-19-30)40-26-6-5-7-27-41-35-24-20-31(21-25-35)29-12-16-33(17-13-29)37(39)9-4-2/h10-25H,3-9,26-27H2,1-2H3. The molecule has 0 radical (unpaired) electrons. The third-order valence-corrected chi connectivity index (χ3v) is 7.07. The maximum Gasteiger partial charge on any atom is 0.162 e. The van der Waals surface area contributed by atoms with E-state index in [9.17, 15) is 9.59 Å². The van der Waals surface area contributed by atoms with E-state index in [0.29, 0.717) is 26.1 Å². The van der Waals surface area contributed by atoms with Gasteiger partial charge in [-0.3, -0.25) is 9.59 Å². The molecule has 0 aliphatic rings. The molecule has 0 N–H and O–H groups in total. The van der Waals surface area contributed by atoms with Crippen LogP contribution in [0.3, 0.4) is 0 Å². The number of hydrogen-bond acceptors (Lipinski definition) is 4. The fraction of sp³-hybridized carbons (Fsp3) is 0.297. The largest absolute Gasteiger partial charge is 0.494 e. The van der Waals surface area contributed by atoms with Crippen LogP contribution in [-0.2, 0) is 0 Å². The van der Waals surface area contributed by atoms with Crippen LogP contribution in [0.25, 0.3) is 22.3 Å². The molecule has 0 aliphatic carbocycles. The number of carbonyl (C=O) groups excluding carboxylic acids is 2. The minimum atomic E-state index is 0.198. The Balaban J connectivity index is 1.12. The summed E-state index contributed by atoms with van der Waals surface area (Å²) in [6, 6.07) is 31.9. The van der Waals surface area contributed by atoms with Gasteiger partial charge in [0.2, 0.25) is 0 Å². The molecule has 0 bridgehead atoms. The minimum absolute atomic E-state index is 0.198. The average molecular weight is 549 g/mol. The molecule has 4 aromatic carbocycles. The van der Waals surface area contributed by atoms with Gasteiger partial charge in [0, 0.05) is 24.0 Å². The van der Waals surface area contributed by atoms with Crippen molar-refractivity contribution in [3.63, 3.8) is 0 Å². The number of hydrogen-bond donors (Lipinski definition) is 0. The zero-order chi connectivity index (χ0) is 28.9. The maximum absolute atomic E-state index is 12.0. The Morgan fingerprint density at radius 3 is 1.10 bits per heavy atom. The predicted octanol–water partition coefficient (Wildman–Crippen LogP) is 9.61. The van der Waals surface area contributed by atoms with Crippen LogP contribution in [0.1, 0.15) is 79.5 Å². The van der Waals surface area contributed by atoms with Crippen LogP contribution in [-0.4, -0.2) is 24.8 Å². The molecule has 0 aromatic heterocycles. The average Bonchev–Trinajstić information content (AvgIpc) is 3.01. The van der Waals surface area contributed by atoms with Gasteiger partial charge in [-0.25, -0.2) is 0 Å². The van der Waals surface area contributed by atoms with Crippen LogP contribution >= 0.6 is 0 Å². The summed E-state index contributed by atoms with van der Waals surface area (Å²) in [5, 5.41) is 0. The smallest absolute Gasteiger partial charge is 0.162 e. The van der Waals surface area contributed by atoms with Crippen molar-refractivity contribution in [3.8, 4) is 33.8 Å². The van der Waals surface area contributed by atoms with Crippen LogP contribution in [0.15, 0.2) is 97.1 Å². The molecule has 0 aliphatic heterocycles. The maximum atomic E-state index is 12.0. The molecule has 0 saturated carbocycles. The Morgan fingerprint density at radius 1 is 0.463 bits per heavy atom. The van der Waals surface area contributed by atoms with Gasteiger partial charge in [-0.2, -0.15) is 0 Å². The summed E-state index contributed by atoms with van der Waals surface area (Å²) in [5.74, 6) is 2.12. The monoisotopic (exact) mass is 548 g/mol. The molecule has 0 atom stereocenters. The van der Waals surface area contributed by atoms with E-state index in [4.69, 9.17) is 9.47 Å². The molecule has 4 aromatic rings. The number of Topliss-reactive ketones (excluding diaryl/α,β-unsaturated/α-hetero) is 2. The van der Waals surface area contributed by atoms with E-state index >= 15 is 0 Å². The predicted molar refractivity (Wildman–Crippen MR) is 167 cm³/mol. The highest BCUT2D eigenvalue weighted by Gasteiger charge is 2.07. The van der Waals surface area contributed by atoms with E-state index < -0.39 is 0 Å². The zero-order valence-electron chi connectivity index (χ0n) is 24.2. The number of benzene rings is 4. The zero-order valence-corrected chi connectivity index (χ0v) is 24.2. The Hall–Kier alpha value is -4.18. The molecule has 4 rings (SSSR count). The molecule has 41 heavy (non-hydrogen) atoms. The van der Waals surface area contributed by atoms with E-state index in [0.717, 1.165) is 77.0 Å². The highest BCUT2D eigenvalue weighted by molar-refractivity contribution is 5.97. The Labute approximate surface area is 244 Å². The van der Waals surface area contributed by atoms with Gasteiger partial charge < -0.3 is 9.47 Å². The van der Waals surface area contributed by atoms with Crippen molar-refractivity contribution in [1.82, 2.24) is 0 Å². The Kier molecular flexibility index (Phi) is 11.3. The molecular weight excluding hydrogens is 508 g/mol. The third kappa shape index (κ3) is 8.91. The van der Waals surface area contributed by atoms with E-state index in [1.54, 1.807) is 0 Å². The first-order valence-electron chi connectivity index (χ1n) is 14.8. The van der Waals surface area contributed by atoms with Crippen LogP contribution in [0.5, 0.6) is 11.5 Å². The highest BCUT2D eigenvalue weighted by Crippen LogP contribution is 2.25. The molecule has 0 spiro atoms. The molecular formula is C37H40O4.